The van der Waals surface area contributed by atoms with E-state index in [2.05, 4.69) is 10.4 Å². The molecule has 132 valence electrons. The molecule has 5 nitrogen and oxygen atoms in total. The van der Waals surface area contributed by atoms with Crippen molar-refractivity contribution in [3.63, 3.8) is 0 Å². The molecule has 3 rings (SSSR count). The van der Waals surface area contributed by atoms with Crippen molar-refractivity contribution in [2.45, 2.75) is 26.8 Å². The van der Waals surface area contributed by atoms with E-state index >= 15 is 0 Å². The smallest absolute Gasteiger partial charge is 0.267 e. The van der Waals surface area contributed by atoms with Gasteiger partial charge in [-0.2, -0.15) is 5.10 Å². The number of hydrogen-bond acceptors (Lipinski definition) is 3. The first-order valence-electron chi connectivity index (χ1n) is 8.49. The highest BCUT2D eigenvalue weighted by molar-refractivity contribution is 5.93. The number of benzene rings is 2. The van der Waals surface area contributed by atoms with E-state index in [-0.39, 0.29) is 11.5 Å². The number of carbonyl (C=O) groups excluding carboxylic acids is 1. The molecule has 0 aliphatic carbocycles. The van der Waals surface area contributed by atoms with Crippen LogP contribution in [0.2, 0.25) is 0 Å². The average molecular weight is 347 g/mol. The van der Waals surface area contributed by atoms with Crippen LogP contribution < -0.4 is 10.9 Å². The fourth-order valence-electron chi connectivity index (χ4n) is 2.64. The van der Waals surface area contributed by atoms with Gasteiger partial charge in [0.15, 0.2) is 0 Å². The van der Waals surface area contributed by atoms with Crippen molar-refractivity contribution >= 4 is 11.6 Å². The standard InChI is InChI=1S/C21H21N3O2/c1-14-9-10-18(13-15(14)2)22-21(26)16(3)24-20(25)12-11-19(23-24)17-7-5-4-6-8-17/h4-13,16H,1-3H3,(H,22,26). The molecule has 0 spiro atoms. The van der Waals surface area contributed by atoms with Crippen LogP contribution in [0.25, 0.3) is 11.3 Å². The predicted molar refractivity (Wildman–Crippen MR) is 103 cm³/mol. The van der Waals surface area contributed by atoms with Gasteiger partial charge in [-0.05, 0) is 50.1 Å². The maximum Gasteiger partial charge on any atom is 0.267 e. The van der Waals surface area contributed by atoms with Gasteiger partial charge in [-0.25, -0.2) is 4.68 Å². The summed E-state index contributed by atoms with van der Waals surface area (Å²) in [6.07, 6.45) is 0. The second kappa shape index (κ2) is 7.35. The van der Waals surface area contributed by atoms with Crippen molar-refractivity contribution in [3.8, 4) is 11.3 Å². The molecule has 1 amide bonds. The molecule has 1 aromatic heterocycles. The van der Waals surface area contributed by atoms with Crippen molar-refractivity contribution in [1.82, 2.24) is 9.78 Å². The third-order valence-electron chi connectivity index (χ3n) is 4.42. The normalized spacial score (nSPS) is 11.8. The third-order valence-corrected chi connectivity index (χ3v) is 4.42. The number of anilines is 1. The Labute approximate surface area is 152 Å². The van der Waals surface area contributed by atoms with Gasteiger partial charge in [-0.3, -0.25) is 9.59 Å². The van der Waals surface area contributed by atoms with Crippen LogP contribution in [-0.2, 0) is 4.79 Å². The lowest BCUT2D eigenvalue weighted by Crippen LogP contribution is -2.33. The molecule has 0 saturated carbocycles. The van der Waals surface area contributed by atoms with Gasteiger partial charge in [0.25, 0.3) is 5.56 Å². The number of nitrogens with one attached hydrogen (secondary N) is 1. The van der Waals surface area contributed by atoms with Gasteiger partial charge in [0.05, 0.1) is 5.69 Å². The van der Waals surface area contributed by atoms with Gasteiger partial charge in [0.2, 0.25) is 5.91 Å². The van der Waals surface area contributed by atoms with Gasteiger partial charge in [0.1, 0.15) is 6.04 Å². The highest BCUT2D eigenvalue weighted by Gasteiger charge is 2.18. The molecule has 0 radical (unpaired) electrons. The zero-order valence-corrected chi connectivity index (χ0v) is 15.1. The molecule has 0 saturated heterocycles. The summed E-state index contributed by atoms with van der Waals surface area (Å²) in [6.45, 7) is 5.67. The highest BCUT2D eigenvalue weighted by Crippen LogP contribution is 2.17. The van der Waals surface area contributed by atoms with Crippen LogP contribution in [0.1, 0.15) is 24.1 Å². The molecule has 1 unspecified atom stereocenters. The largest absolute Gasteiger partial charge is 0.324 e. The molecule has 5 heteroatoms. The zero-order valence-electron chi connectivity index (χ0n) is 15.1. The Balaban J connectivity index is 1.86. The van der Waals surface area contributed by atoms with E-state index in [0.29, 0.717) is 11.4 Å². The number of nitrogens with zero attached hydrogens (tertiary/aromatic N) is 2. The minimum absolute atomic E-state index is 0.284. The Morgan fingerprint density at radius 2 is 1.73 bits per heavy atom. The first-order chi connectivity index (χ1) is 12.5. The number of rotatable bonds is 4. The number of aryl methyl sites for hydroxylation is 2. The molecular formula is C21H21N3O2. The van der Waals surface area contributed by atoms with E-state index < -0.39 is 6.04 Å². The second-order valence-electron chi connectivity index (χ2n) is 6.33. The molecule has 0 aliphatic rings. The Bertz CT molecular complexity index is 994. The summed E-state index contributed by atoms with van der Waals surface area (Å²) in [4.78, 5) is 24.8. The van der Waals surface area contributed by atoms with E-state index in [0.717, 1.165) is 16.7 Å². The predicted octanol–water partition coefficient (Wildman–Crippen LogP) is 3.73. The molecule has 0 fully saturated rings. The molecule has 1 atom stereocenters. The van der Waals surface area contributed by atoms with Crippen molar-refractivity contribution in [3.05, 3.63) is 82.1 Å². The molecule has 0 aliphatic heterocycles. The van der Waals surface area contributed by atoms with Gasteiger partial charge < -0.3 is 5.32 Å². The molecular weight excluding hydrogens is 326 g/mol. The summed E-state index contributed by atoms with van der Waals surface area (Å²) >= 11 is 0. The first kappa shape index (κ1) is 17.6. The lowest BCUT2D eigenvalue weighted by atomic mass is 10.1. The lowest BCUT2D eigenvalue weighted by Gasteiger charge is -2.15. The molecule has 1 N–H and O–H groups in total. The minimum Gasteiger partial charge on any atom is -0.324 e. The van der Waals surface area contributed by atoms with Crippen LogP contribution in [0.15, 0.2) is 65.5 Å². The second-order valence-corrected chi connectivity index (χ2v) is 6.33. The highest BCUT2D eigenvalue weighted by atomic mass is 16.2. The van der Waals surface area contributed by atoms with E-state index in [4.69, 9.17) is 0 Å². The minimum atomic E-state index is -0.729. The zero-order chi connectivity index (χ0) is 18.7. The van der Waals surface area contributed by atoms with Gasteiger partial charge >= 0.3 is 0 Å². The number of carbonyl (C=O) groups is 1. The van der Waals surface area contributed by atoms with Crippen molar-refractivity contribution in [2.24, 2.45) is 0 Å². The van der Waals surface area contributed by atoms with Crippen LogP contribution in [0.4, 0.5) is 5.69 Å². The number of amides is 1. The molecule has 3 aromatic rings. The Morgan fingerprint density at radius 3 is 2.42 bits per heavy atom. The summed E-state index contributed by atoms with van der Waals surface area (Å²) in [6, 6.07) is 17.7. The molecule has 0 bridgehead atoms. The summed E-state index contributed by atoms with van der Waals surface area (Å²) in [5.41, 5.74) is 4.19. The van der Waals surface area contributed by atoms with Crippen molar-refractivity contribution in [1.29, 1.82) is 0 Å². The van der Waals surface area contributed by atoms with Crippen LogP contribution in [0, 0.1) is 13.8 Å². The van der Waals surface area contributed by atoms with Crippen LogP contribution >= 0.6 is 0 Å². The quantitative estimate of drug-likeness (QED) is 0.782. The number of hydrogen-bond donors (Lipinski definition) is 1. The van der Waals surface area contributed by atoms with E-state index in [9.17, 15) is 9.59 Å². The van der Waals surface area contributed by atoms with Gasteiger partial charge in [0, 0.05) is 17.3 Å². The number of aromatic nitrogens is 2. The maximum absolute atomic E-state index is 12.6. The average Bonchev–Trinajstić information content (AvgIpc) is 2.65. The first-order valence-corrected chi connectivity index (χ1v) is 8.49. The van der Waals surface area contributed by atoms with E-state index in [1.165, 1.54) is 10.7 Å². The fourth-order valence-corrected chi connectivity index (χ4v) is 2.64. The molecule has 26 heavy (non-hydrogen) atoms. The summed E-state index contributed by atoms with van der Waals surface area (Å²) < 4.78 is 1.22. The third kappa shape index (κ3) is 3.72. The SMILES string of the molecule is Cc1ccc(NC(=O)C(C)n2nc(-c3ccccc3)ccc2=O)cc1C. The molecule has 2 aromatic carbocycles. The van der Waals surface area contributed by atoms with Crippen LogP contribution in [0.3, 0.4) is 0 Å². The molecule has 1 heterocycles. The fraction of sp³-hybridized carbons (Fsp3) is 0.190. The van der Waals surface area contributed by atoms with Crippen LogP contribution in [-0.4, -0.2) is 15.7 Å². The summed E-state index contributed by atoms with van der Waals surface area (Å²) in [5, 5.41) is 7.24. The van der Waals surface area contributed by atoms with E-state index in [1.54, 1.807) is 13.0 Å². The van der Waals surface area contributed by atoms with Crippen molar-refractivity contribution in [2.75, 3.05) is 5.32 Å². The monoisotopic (exact) mass is 347 g/mol. The Hall–Kier alpha value is -3.21. The van der Waals surface area contributed by atoms with Crippen molar-refractivity contribution < 1.29 is 4.79 Å². The van der Waals surface area contributed by atoms with Gasteiger partial charge in [-0.15, -0.1) is 0 Å². The lowest BCUT2D eigenvalue weighted by molar-refractivity contribution is -0.119. The summed E-state index contributed by atoms with van der Waals surface area (Å²) in [5.74, 6) is -0.284. The topological polar surface area (TPSA) is 64.0 Å². The van der Waals surface area contributed by atoms with E-state index in [1.807, 2.05) is 62.4 Å². The Kier molecular flexibility index (Phi) is 4.98. The maximum atomic E-state index is 12.6. The Morgan fingerprint density at radius 1 is 1.00 bits per heavy atom. The van der Waals surface area contributed by atoms with Gasteiger partial charge in [-0.1, -0.05) is 36.4 Å². The van der Waals surface area contributed by atoms with Crippen LogP contribution in [0.5, 0.6) is 0 Å². The summed E-state index contributed by atoms with van der Waals surface area (Å²) in [7, 11) is 0.